The van der Waals surface area contributed by atoms with E-state index in [1.807, 2.05) is 30.3 Å². The van der Waals surface area contributed by atoms with Crippen LogP contribution in [0.4, 0.5) is 9.18 Å². The number of hydrogen-bond donors (Lipinski definition) is 3. The second-order valence-electron chi connectivity index (χ2n) is 8.00. The third-order valence-electron chi connectivity index (χ3n) is 5.49. The fourth-order valence-corrected chi connectivity index (χ4v) is 5.50. The predicted molar refractivity (Wildman–Crippen MR) is 133 cm³/mol. The van der Waals surface area contributed by atoms with E-state index in [4.69, 9.17) is 9.84 Å². The van der Waals surface area contributed by atoms with Crippen LogP contribution in [0.15, 0.2) is 71.6 Å². The molecule has 8 nitrogen and oxygen atoms in total. The van der Waals surface area contributed by atoms with E-state index in [-0.39, 0.29) is 35.6 Å². The Morgan fingerprint density at radius 1 is 1.00 bits per heavy atom. The SMILES string of the molecule is CCC(NC(=O)NCc1ccccc1)S(=O)(=O)c1cc(F)ccc1-c1cc(CC(=O)O)ccc1OC. The molecule has 2 amide bonds. The van der Waals surface area contributed by atoms with E-state index in [2.05, 4.69) is 10.6 Å². The highest BCUT2D eigenvalue weighted by Gasteiger charge is 2.31. The van der Waals surface area contributed by atoms with Gasteiger partial charge in [0.1, 0.15) is 16.9 Å². The number of urea groups is 1. The minimum atomic E-state index is -4.28. The van der Waals surface area contributed by atoms with Crippen molar-refractivity contribution in [3.63, 3.8) is 0 Å². The molecule has 0 radical (unpaired) electrons. The molecule has 0 saturated carbocycles. The summed E-state index contributed by atoms with van der Waals surface area (Å²) in [6.07, 6.45) is -0.270. The van der Waals surface area contributed by atoms with E-state index in [1.165, 1.54) is 25.3 Å². The van der Waals surface area contributed by atoms with Crippen LogP contribution in [-0.2, 0) is 27.6 Å². The van der Waals surface area contributed by atoms with Gasteiger partial charge in [0, 0.05) is 17.7 Å². The molecule has 0 aliphatic heterocycles. The number of hydrogen-bond acceptors (Lipinski definition) is 5. The average Bonchev–Trinajstić information content (AvgIpc) is 2.86. The van der Waals surface area contributed by atoms with Gasteiger partial charge in [-0.1, -0.05) is 49.4 Å². The van der Waals surface area contributed by atoms with Crippen molar-refractivity contribution in [3.05, 3.63) is 83.7 Å². The quantitative estimate of drug-likeness (QED) is 0.374. The number of amides is 2. The zero-order chi connectivity index (χ0) is 26.3. The van der Waals surface area contributed by atoms with Crippen LogP contribution in [0.5, 0.6) is 5.75 Å². The van der Waals surface area contributed by atoms with Crippen molar-refractivity contribution in [1.29, 1.82) is 0 Å². The number of rotatable bonds is 10. The lowest BCUT2D eigenvalue weighted by Crippen LogP contribution is -2.45. The molecule has 0 aliphatic rings. The van der Waals surface area contributed by atoms with Gasteiger partial charge >= 0.3 is 12.0 Å². The molecule has 1 unspecified atom stereocenters. The van der Waals surface area contributed by atoms with Gasteiger partial charge in [-0.05, 0) is 41.8 Å². The Morgan fingerprint density at radius 2 is 1.72 bits per heavy atom. The van der Waals surface area contributed by atoms with Crippen LogP contribution in [0.25, 0.3) is 11.1 Å². The van der Waals surface area contributed by atoms with Crippen molar-refractivity contribution in [2.75, 3.05) is 7.11 Å². The molecule has 0 saturated heterocycles. The Morgan fingerprint density at radius 3 is 2.36 bits per heavy atom. The Kier molecular flexibility index (Phi) is 8.65. The second-order valence-corrected chi connectivity index (χ2v) is 10.1. The minimum Gasteiger partial charge on any atom is -0.496 e. The van der Waals surface area contributed by atoms with Crippen molar-refractivity contribution in [3.8, 4) is 16.9 Å². The van der Waals surface area contributed by atoms with E-state index in [0.29, 0.717) is 11.1 Å². The Hall–Kier alpha value is -3.92. The highest BCUT2D eigenvalue weighted by Crippen LogP contribution is 2.37. The molecule has 0 bridgehead atoms. The maximum atomic E-state index is 14.3. The molecule has 0 spiro atoms. The third kappa shape index (κ3) is 6.39. The van der Waals surface area contributed by atoms with Gasteiger partial charge in [-0.15, -0.1) is 0 Å². The molecule has 0 fully saturated rings. The smallest absolute Gasteiger partial charge is 0.316 e. The highest BCUT2D eigenvalue weighted by atomic mass is 32.2. The Bertz CT molecular complexity index is 1350. The molecular formula is C26H27FN2O6S. The highest BCUT2D eigenvalue weighted by molar-refractivity contribution is 7.92. The molecular weight excluding hydrogens is 487 g/mol. The van der Waals surface area contributed by atoms with Gasteiger partial charge in [-0.3, -0.25) is 4.79 Å². The first-order chi connectivity index (χ1) is 17.1. The largest absolute Gasteiger partial charge is 0.496 e. The zero-order valence-corrected chi connectivity index (χ0v) is 20.6. The number of sulfone groups is 1. The number of carboxylic acid groups (broad SMARTS) is 1. The number of ether oxygens (including phenoxy) is 1. The van der Waals surface area contributed by atoms with Crippen molar-refractivity contribution in [2.24, 2.45) is 0 Å². The van der Waals surface area contributed by atoms with Gasteiger partial charge in [-0.2, -0.15) is 0 Å². The Balaban J connectivity index is 1.96. The molecule has 3 aromatic rings. The molecule has 1 atom stereocenters. The number of carbonyl (C=O) groups is 2. The molecule has 3 rings (SSSR count). The van der Waals surface area contributed by atoms with E-state index in [1.54, 1.807) is 13.0 Å². The zero-order valence-electron chi connectivity index (χ0n) is 19.8. The van der Waals surface area contributed by atoms with Crippen molar-refractivity contribution in [1.82, 2.24) is 10.6 Å². The monoisotopic (exact) mass is 514 g/mol. The van der Waals surface area contributed by atoms with Crippen LogP contribution >= 0.6 is 0 Å². The van der Waals surface area contributed by atoms with Crippen LogP contribution in [0.2, 0.25) is 0 Å². The van der Waals surface area contributed by atoms with Crippen molar-refractivity contribution >= 4 is 21.8 Å². The first-order valence-corrected chi connectivity index (χ1v) is 12.7. The van der Waals surface area contributed by atoms with E-state index in [9.17, 15) is 22.4 Å². The topological polar surface area (TPSA) is 122 Å². The van der Waals surface area contributed by atoms with Gasteiger partial charge in [0.25, 0.3) is 0 Å². The molecule has 0 aliphatic carbocycles. The average molecular weight is 515 g/mol. The lowest BCUT2D eigenvalue weighted by molar-refractivity contribution is -0.136. The Labute approximate surface area is 209 Å². The van der Waals surface area contributed by atoms with Gasteiger partial charge < -0.3 is 20.5 Å². The van der Waals surface area contributed by atoms with Crippen LogP contribution in [0, 0.1) is 5.82 Å². The van der Waals surface area contributed by atoms with Crippen LogP contribution in [-0.4, -0.2) is 38.0 Å². The predicted octanol–water partition coefficient (Wildman–Crippen LogP) is 4.14. The summed E-state index contributed by atoms with van der Waals surface area (Å²) in [7, 11) is -2.89. The molecule has 0 heterocycles. The summed E-state index contributed by atoms with van der Waals surface area (Å²) >= 11 is 0. The van der Waals surface area contributed by atoms with E-state index >= 15 is 0 Å². The van der Waals surface area contributed by atoms with Crippen molar-refractivity contribution in [2.45, 2.75) is 36.6 Å². The lowest BCUT2D eigenvalue weighted by atomic mass is 10.0. The molecule has 10 heteroatoms. The number of carboxylic acids is 1. The number of nitrogens with one attached hydrogen (secondary N) is 2. The first kappa shape index (κ1) is 26.7. The summed E-state index contributed by atoms with van der Waals surface area (Å²) in [4.78, 5) is 23.3. The third-order valence-corrected chi connectivity index (χ3v) is 7.64. The molecule has 3 aromatic carbocycles. The molecule has 190 valence electrons. The van der Waals surface area contributed by atoms with Crippen LogP contribution in [0.3, 0.4) is 0 Å². The summed E-state index contributed by atoms with van der Waals surface area (Å²) in [6.45, 7) is 1.79. The van der Waals surface area contributed by atoms with Crippen molar-refractivity contribution < 1.29 is 32.2 Å². The maximum Gasteiger partial charge on any atom is 0.316 e. The molecule has 0 aromatic heterocycles. The standard InChI is InChI=1S/C26H27FN2O6S/c1-3-24(29-26(32)28-16-17-7-5-4-6-8-17)36(33,34)23-15-19(27)10-11-20(23)21-13-18(14-25(30)31)9-12-22(21)35-2/h4-13,15,24H,3,14,16H2,1-2H3,(H,30,31)(H2,28,29,32). The number of methoxy groups -OCH3 is 1. The maximum absolute atomic E-state index is 14.3. The number of benzene rings is 3. The molecule has 36 heavy (non-hydrogen) atoms. The summed E-state index contributed by atoms with van der Waals surface area (Å²) in [6, 6.07) is 16.3. The van der Waals surface area contributed by atoms with E-state index in [0.717, 1.165) is 17.7 Å². The first-order valence-electron chi connectivity index (χ1n) is 11.2. The van der Waals surface area contributed by atoms with Gasteiger partial charge in [0.2, 0.25) is 0 Å². The number of carbonyl (C=O) groups excluding carboxylic acids is 1. The number of halogens is 1. The van der Waals surface area contributed by atoms with Crippen LogP contribution < -0.4 is 15.4 Å². The van der Waals surface area contributed by atoms with Gasteiger partial charge in [0.15, 0.2) is 9.84 Å². The van der Waals surface area contributed by atoms with Crippen LogP contribution in [0.1, 0.15) is 24.5 Å². The summed E-state index contributed by atoms with van der Waals surface area (Å²) in [5.74, 6) is -1.55. The lowest BCUT2D eigenvalue weighted by Gasteiger charge is -2.21. The summed E-state index contributed by atoms with van der Waals surface area (Å²) in [5.41, 5.74) is 1.67. The second kappa shape index (κ2) is 11.7. The fourth-order valence-electron chi connectivity index (χ4n) is 3.73. The van der Waals surface area contributed by atoms with E-state index < -0.39 is 33.0 Å². The minimum absolute atomic E-state index is 0.0211. The number of aliphatic carboxylic acids is 1. The molecule has 3 N–H and O–H groups in total. The van der Waals surface area contributed by atoms with Gasteiger partial charge in [-0.25, -0.2) is 17.6 Å². The normalized spacial score (nSPS) is 12.0. The van der Waals surface area contributed by atoms with Gasteiger partial charge in [0.05, 0.1) is 18.4 Å². The summed E-state index contributed by atoms with van der Waals surface area (Å²) < 4.78 is 46.9. The summed E-state index contributed by atoms with van der Waals surface area (Å²) in [5, 5.41) is 12.9. The fraction of sp³-hybridized carbons (Fsp3) is 0.231.